The molecule has 1 N–H and O–H groups in total. The lowest BCUT2D eigenvalue weighted by atomic mass is 10.4. The summed E-state index contributed by atoms with van der Waals surface area (Å²) in [5.41, 5.74) is 0. The van der Waals surface area contributed by atoms with Crippen molar-refractivity contribution in [3.63, 3.8) is 0 Å². The van der Waals surface area contributed by atoms with E-state index in [4.69, 9.17) is 5.11 Å². The van der Waals surface area contributed by atoms with E-state index in [1.807, 2.05) is 22.2 Å². The molecule has 4 heteroatoms. The number of hydrogen-bond donors (Lipinski definition) is 1. The van der Waals surface area contributed by atoms with Crippen molar-refractivity contribution in [3.8, 4) is 0 Å². The van der Waals surface area contributed by atoms with Crippen molar-refractivity contribution in [1.82, 2.24) is 9.55 Å². The van der Waals surface area contributed by atoms with E-state index in [1.54, 1.807) is 17.5 Å². The van der Waals surface area contributed by atoms with Crippen molar-refractivity contribution >= 4 is 11.3 Å². The first kappa shape index (κ1) is 8.47. The van der Waals surface area contributed by atoms with E-state index in [9.17, 15) is 0 Å². The molecule has 0 bridgehead atoms. The van der Waals surface area contributed by atoms with Gasteiger partial charge in [-0.2, -0.15) is 0 Å². The van der Waals surface area contributed by atoms with Gasteiger partial charge in [-0.05, 0) is 11.4 Å². The number of thiophene rings is 1. The van der Waals surface area contributed by atoms with Crippen LogP contribution >= 0.6 is 11.3 Å². The van der Waals surface area contributed by atoms with Crippen LogP contribution in [0.25, 0.3) is 0 Å². The first-order chi connectivity index (χ1) is 6.40. The highest BCUT2D eigenvalue weighted by molar-refractivity contribution is 7.09. The summed E-state index contributed by atoms with van der Waals surface area (Å²) in [5.74, 6) is 0.716. The van der Waals surface area contributed by atoms with Crippen molar-refractivity contribution in [3.05, 3.63) is 40.6 Å². The Morgan fingerprint density at radius 3 is 3.15 bits per heavy atom. The zero-order valence-electron chi connectivity index (χ0n) is 7.05. The van der Waals surface area contributed by atoms with Gasteiger partial charge in [0.15, 0.2) is 0 Å². The highest BCUT2D eigenvalue weighted by Crippen LogP contribution is 2.11. The molecule has 0 amide bonds. The van der Waals surface area contributed by atoms with E-state index in [-0.39, 0.29) is 6.61 Å². The van der Waals surface area contributed by atoms with Gasteiger partial charge in [-0.25, -0.2) is 4.98 Å². The Bertz CT molecular complexity index is 367. The maximum atomic E-state index is 8.96. The molecule has 2 heterocycles. The quantitative estimate of drug-likeness (QED) is 0.803. The summed E-state index contributed by atoms with van der Waals surface area (Å²) in [6.45, 7) is 0.798. The number of nitrogens with zero attached hydrogens (tertiary/aromatic N) is 2. The second kappa shape index (κ2) is 3.72. The third-order valence-electron chi connectivity index (χ3n) is 1.85. The van der Waals surface area contributed by atoms with Gasteiger partial charge in [0.25, 0.3) is 0 Å². The molecule has 68 valence electrons. The molecule has 0 atom stereocenters. The smallest absolute Gasteiger partial charge is 0.134 e. The molecule has 2 aromatic heterocycles. The maximum Gasteiger partial charge on any atom is 0.134 e. The third kappa shape index (κ3) is 1.79. The number of aromatic nitrogens is 2. The predicted octanol–water partition coefficient (Wildman–Crippen LogP) is 1.49. The topological polar surface area (TPSA) is 38.1 Å². The molecule has 2 aromatic rings. The van der Waals surface area contributed by atoms with Gasteiger partial charge in [0.2, 0.25) is 0 Å². The van der Waals surface area contributed by atoms with Crippen LogP contribution in [0, 0.1) is 0 Å². The Morgan fingerprint density at radius 1 is 1.54 bits per heavy atom. The van der Waals surface area contributed by atoms with Crippen LogP contribution < -0.4 is 0 Å². The summed E-state index contributed by atoms with van der Waals surface area (Å²) in [6.07, 6.45) is 3.59. The lowest BCUT2D eigenvalue weighted by Gasteiger charge is -2.02. The molecule has 0 unspecified atom stereocenters. The van der Waals surface area contributed by atoms with E-state index in [0.717, 1.165) is 6.54 Å². The number of hydrogen-bond acceptors (Lipinski definition) is 3. The molecule has 13 heavy (non-hydrogen) atoms. The molecule has 0 saturated carbocycles. The van der Waals surface area contributed by atoms with Crippen LogP contribution in [0.2, 0.25) is 0 Å². The molecule has 0 radical (unpaired) electrons. The predicted molar refractivity (Wildman–Crippen MR) is 51.6 cm³/mol. The van der Waals surface area contributed by atoms with Crippen molar-refractivity contribution in [1.29, 1.82) is 0 Å². The van der Waals surface area contributed by atoms with Gasteiger partial charge < -0.3 is 9.67 Å². The second-order valence-corrected chi connectivity index (χ2v) is 3.74. The van der Waals surface area contributed by atoms with Crippen molar-refractivity contribution in [2.24, 2.45) is 0 Å². The molecule has 0 aliphatic heterocycles. The Kier molecular flexibility index (Phi) is 2.42. The van der Waals surface area contributed by atoms with Crippen molar-refractivity contribution < 1.29 is 5.11 Å². The van der Waals surface area contributed by atoms with Crippen molar-refractivity contribution in [2.75, 3.05) is 0 Å². The zero-order valence-corrected chi connectivity index (χ0v) is 7.87. The molecule has 0 spiro atoms. The summed E-state index contributed by atoms with van der Waals surface area (Å²) >= 11 is 1.71. The van der Waals surface area contributed by atoms with Gasteiger partial charge >= 0.3 is 0 Å². The van der Waals surface area contributed by atoms with Crippen molar-refractivity contribution in [2.45, 2.75) is 13.2 Å². The third-order valence-corrected chi connectivity index (χ3v) is 2.71. The van der Waals surface area contributed by atoms with E-state index in [0.29, 0.717) is 5.82 Å². The fourth-order valence-corrected chi connectivity index (χ4v) is 1.91. The minimum absolute atomic E-state index is 0.00161. The highest BCUT2D eigenvalue weighted by atomic mass is 32.1. The van der Waals surface area contributed by atoms with E-state index in [2.05, 4.69) is 11.1 Å². The van der Waals surface area contributed by atoms with E-state index in [1.165, 1.54) is 4.88 Å². The van der Waals surface area contributed by atoms with E-state index >= 15 is 0 Å². The zero-order chi connectivity index (χ0) is 9.10. The van der Waals surface area contributed by atoms with Crippen LogP contribution in [0.3, 0.4) is 0 Å². The van der Waals surface area contributed by atoms with Crippen LogP contribution in [0.1, 0.15) is 10.7 Å². The van der Waals surface area contributed by atoms with Gasteiger partial charge in [0, 0.05) is 17.3 Å². The largest absolute Gasteiger partial charge is 0.388 e. The van der Waals surface area contributed by atoms with Gasteiger partial charge in [-0.1, -0.05) is 6.07 Å². The average Bonchev–Trinajstić information content (AvgIpc) is 2.76. The fourth-order valence-electron chi connectivity index (χ4n) is 1.21. The summed E-state index contributed by atoms with van der Waals surface area (Å²) in [5, 5.41) is 11.0. The molecule has 2 rings (SSSR count). The molecular formula is C9H10N2OS. The highest BCUT2D eigenvalue weighted by Gasteiger charge is 2.01. The molecule has 0 aromatic carbocycles. The minimum Gasteiger partial charge on any atom is -0.388 e. The number of imidazole rings is 1. The lowest BCUT2D eigenvalue weighted by molar-refractivity contribution is 0.266. The van der Waals surface area contributed by atoms with Crippen LogP contribution in [-0.2, 0) is 13.2 Å². The number of rotatable bonds is 3. The van der Waals surface area contributed by atoms with Crippen LogP contribution in [0.5, 0.6) is 0 Å². The standard InChI is InChI=1S/C9H10N2OS/c12-7-9-10-3-4-11(9)6-8-2-1-5-13-8/h1-5,12H,6-7H2. The van der Waals surface area contributed by atoms with Gasteiger partial charge in [-0.15, -0.1) is 11.3 Å². The van der Waals surface area contributed by atoms with E-state index < -0.39 is 0 Å². The molecule has 0 aliphatic carbocycles. The first-order valence-corrected chi connectivity index (χ1v) is 4.91. The first-order valence-electron chi connectivity index (χ1n) is 4.03. The number of aliphatic hydroxyl groups excluding tert-OH is 1. The monoisotopic (exact) mass is 194 g/mol. The van der Waals surface area contributed by atoms with Crippen LogP contribution in [0.15, 0.2) is 29.9 Å². The van der Waals surface area contributed by atoms with Crippen LogP contribution in [-0.4, -0.2) is 14.7 Å². The number of aliphatic hydroxyl groups is 1. The van der Waals surface area contributed by atoms with Gasteiger partial charge in [-0.3, -0.25) is 0 Å². The SMILES string of the molecule is OCc1nccn1Cc1cccs1. The summed E-state index contributed by atoms with van der Waals surface area (Å²) < 4.78 is 1.95. The summed E-state index contributed by atoms with van der Waals surface area (Å²) in [4.78, 5) is 5.30. The Labute approximate surface area is 80.3 Å². The summed E-state index contributed by atoms with van der Waals surface area (Å²) in [6, 6.07) is 4.10. The molecule has 3 nitrogen and oxygen atoms in total. The average molecular weight is 194 g/mol. The Balaban J connectivity index is 2.18. The van der Waals surface area contributed by atoms with Gasteiger partial charge in [0.1, 0.15) is 12.4 Å². The molecule has 0 saturated heterocycles. The molecular weight excluding hydrogens is 184 g/mol. The Hall–Kier alpha value is -1.13. The molecule has 0 aliphatic rings. The second-order valence-electron chi connectivity index (χ2n) is 2.71. The Morgan fingerprint density at radius 2 is 2.46 bits per heavy atom. The fraction of sp³-hybridized carbons (Fsp3) is 0.222. The summed E-state index contributed by atoms with van der Waals surface area (Å²) in [7, 11) is 0. The minimum atomic E-state index is -0.00161. The van der Waals surface area contributed by atoms with Crippen LogP contribution in [0.4, 0.5) is 0 Å². The molecule has 0 fully saturated rings. The maximum absolute atomic E-state index is 8.96. The normalized spacial score (nSPS) is 10.5. The van der Waals surface area contributed by atoms with Gasteiger partial charge in [0.05, 0.1) is 6.54 Å². The lowest BCUT2D eigenvalue weighted by Crippen LogP contribution is -2.02.